The van der Waals surface area contributed by atoms with E-state index in [2.05, 4.69) is 11.9 Å². The molecule has 0 saturated carbocycles. The second kappa shape index (κ2) is 5.69. The average Bonchev–Trinajstić information content (AvgIpc) is 2.39. The summed E-state index contributed by atoms with van der Waals surface area (Å²) < 4.78 is 5.54. The van der Waals surface area contributed by atoms with E-state index >= 15 is 0 Å². The molecule has 2 atom stereocenters. The smallest absolute Gasteiger partial charge is 0.237 e. The topological polar surface area (TPSA) is 64.4 Å². The van der Waals surface area contributed by atoms with Crippen LogP contribution >= 0.6 is 0 Å². The van der Waals surface area contributed by atoms with Gasteiger partial charge < -0.3 is 15.8 Å². The van der Waals surface area contributed by atoms with Gasteiger partial charge in [0, 0.05) is 12.0 Å². The normalized spacial score (nSPS) is 19.3. The van der Waals surface area contributed by atoms with Gasteiger partial charge in [-0.2, -0.15) is 0 Å². The second-order valence-corrected chi connectivity index (χ2v) is 4.37. The van der Waals surface area contributed by atoms with E-state index in [9.17, 15) is 4.79 Å². The summed E-state index contributed by atoms with van der Waals surface area (Å²) in [6.07, 6.45) is 2.91. The number of amides is 1. The number of para-hydroxylation sites is 1. The Morgan fingerprint density at radius 1 is 1.61 bits per heavy atom. The molecule has 3 N–H and O–H groups in total. The Balaban J connectivity index is 2.07. The standard InChI is InChI=1S/C14H18N2O2/c1-2-5-11(15)14(17)16-12-8-9-18-13-7-4-3-6-10(12)13/h2-4,6-7,11-12H,1,5,8-9,15H2,(H,16,17). The van der Waals surface area contributed by atoms with E-state index in [0.717, 1.165) is 17.7 Å². The summed E-state index contributed by atoms with van der Waals surface area (Å²) in [5.74, 6) is 0.697. The number of carbonyl (C=O) groups excluding carboxylic acids is 1. The number of hydrogen-bond donors (Lipinski definition) is 2. The number of hydrogen-bond acceptors (Lipinski definition) is 3. The van der Waals surface area contributed by atoms with Gasteiger partial charge in [-0.25, -0.2) is 0 Å². The van der Waals surface area contributed by atoms with Gasteiger partial charge >= 0.3 is 0 Å². The molecule has 1 aromatic carbocycles. The summed E-state index contributed by atoms with van der Waals surface area (Å²) in [6.45, 7) is 4.20. The highest BCUT2D eigenvalue weighted by Gasteiger charge is 2.24. The van der Waals surface area contributed by atoms with Crippen molar-refractivity contribution in [3.8, 4) is 5.75 Å². The van der Waals surface area contributed by atoms with Crippen LogP contribution in [0, 0.1) is 0 Å². The third-order valence-electron chi connectivity index (χ3n) is 3.03. The first-order chi connectivity index (χ1) is 8.72. The Kier molecular flexibility index (Phi) is 3.99. The molecule has 1 heterocycles. The largest absolute Gasteiger partial charge is 0.493 e. The minimum absolute atomic E-state index is 0.0154. The van der Waals surface area contributed by atoms with Crippen molar-refractivity contribution < 1.29 is 9.53 Å². The number of rotatable bonds is 4. The number of carbonyl (C=O) groups is 1. The highest BCUT2D eigenvalue weighted by Crippen LogP contribution is 2.31. The summed E-state index contributed by atoms with van der Waals surface area (Å²) >= 11 is 0. The molecule has 0 spiro atoms. The molecule has 1 aliphatic rings. The van der Waals surface area contributed by atoms with Crippen LogP contribution in [0.2, 0.25) is 0 Å². The molecule has 0 aromatic heterocycles. The summed E-state index contributed by atoms with van der Waals surface area (Å²) in [4.78, 5) is 11.9. The lowest BCUT2D eigenvalue weighted by atomic mass is 10.00. The molecule has 0 bridgehead atoms. The summed E-state index contributed by atoms with van der Waals surface area (Å²) in [5, 5.41) is 2.97. The van der Waals surface area contributed by atoms with E-state index in [0.29, 0.717) is 13.0 Å². The summed E-state index contributed by atoms with van der Waals surface area (Å²) in [5.41, 5.74) is 6.77. The van der Waals surface area contributed by atoms with E-state index in [-0.39, 0.29) is 11.9 Å². The molecular formula is C14H18N2O2. The van der Waals surface area contributed by atoms with Gasteiger partial charge in [0.1, 0.15) is 5.75 Å². The first-order valence-corrected chi connectivity index (χ1v) is 6.11. The first kappa shape index (κ1) is 12.6. The SMILES string of the molecule is C=CCC(N)C(=O)NC1CCOc2ccccc21. The molecule has 0 fully saturated rings. The van der Waals surface area contributed by atoms with Gasteiger partial charge in [0.05, 0.1) is 18.7 Å². The quantitative estimate of drug-likeness (QED) is 0.792. The number of nitrogens with one attached hydrogen (secondary N) is 1. The molecule has 96 valence electrons. The lowest BCUT2D eigenvalue weighted by Gasteiger charge is -2.27. The molecule has 18 heavy (non-hydrogen) atoms. The zero-order valence-electron chi connectivity index (χ0n) is 10.3. The van der Waals surface area contributed by atoms with Crippen LogP contribution in [0.1, 0.15) is 24.4 Å². The predicted molar refractivity (Wildman–Crippen MR) is 70.2 cm³/mol. The molecule has 4 heteroatoms. The van der Waals surface area contributed by atoms with Gasteiger partial charge in [-0.3, -0.25) is 4.79 Å². The Morgan fingerprint density at radius 3 is 3.17 bits per heavy atom. The van der Waals surface area contributed by atoms with Crippen LogP contribution < -0.4 is 15.8 Å². The zero-order valence-corrected chi connectivity index (χ0v) is 10.3. The van der Waals surface area contributed by atoms with Crippen molar-refractivity contribution in [3.63, 3.8) is 0 Å². The number of ether oxygens (including phenoxy) is 1. The minimum Gasteiger partial charge on any atom is -0.493 e. The molecule has 1 amide bonds. The van der Waals surface area contributed by atoms with Crippen molar-refractivity contribution in [1.29, 1.82) is 0 Å². The second-order valence-electron chi connectivity index (χ2n) is 4.37. The first-order valence-electron chi connectivity index (χ1n) is 6.11. The van der Waals surface area contributed by atoms with Crippen LogP contribution in [-0.4, -0.2) is 18.6 Å². The van der Waals surface area contributed by atoms with E-state index in [1.54, 1.807) is 6.08 Å². The molecule has 1 aromatic rings. The molecule has 0 radical (unpaired) electrons. The van der Waals surface area contributed by atoms with Crippen LogP contribution in [0.4, 0.5) is 0 Å². The lowest BCUT2D eigenvalue weighted by Crippen LogP contribution is -2.43. The zero-order chi connectivity index (χ0) is 13.0. The Morgan fingerprint density at radius 2 is 2.39 bits per heavy atom. The van der Waals surface area contributed by atoms with Crippen LogP contribution in [0.5, 0.6) is 5.75 Å². The van der Waals surface area contributed by atoms with Crippen molar-refractivity contribution in [3.05, 3.63) is 42.5 Å². The average molecular weight is 246 g/mol. The molecule has 0 aliphatic carbocycles. The van der Waals surface area contributed by atoms with Crippen LogP contribution in [0.25, 0.3) is 0 Å². The fourth-order valence-electron chi connectivity index (χ4n) is 2.06. The van der Waals surface area contributed by atoms with Gasteiger partial charge in [-0.05, 0) is 12.5 Å². The van der Waals surface area contributed by atoms with Crippen LogP contribution in [-0.2, 0) is 4.79 Å². The van der Waals surface area contributed by atoms with Gasteiger partial charge in [-0.15, -0.1) is 6.58 Å². The minimum atomic E-state index is -0.530. The van der Waals surface area contributed by atoms with E-state index < -0.39 is 6.04 Å². The highest BCUT2D eigenvalue weighted by molar-refractivity contribution is 5.82. The number of fused-ring (bicyclic) bond motifs is 1. The fraction of sp³-hybridized carbons (Fsp3) is 0.357. The Hall–Kier alpha value is -1.81. The third-order valence-corrected chi connectivity index (χ3v) is 3.03. The Bertz CT molecular complexity index is 445. The van der Waals surface area contributed by atoms with Crippen molar-refractivity contribution in [2.24, 2.45) is 5.73 Å². The number of benzene rings is 1. The van der Waals surface area contributed by atoms with Gasteiger partial charge in [-0.1, -0.05) is 24.3 Å². The summed E-state index contributed by atoms with van der Waals surface area (Å²) in [6, 6.07) is 7.20. The molecule has 1 aliphatic heterocycles. The van der Waals surface area contributed by atoms with Gasteiger partial charge in [0.2, 0.25) is 5.91 Å². The fourth-order valence-corrected chi connectivity index (χ4v) is 2.06. The van der Waals surface area contributed by atoms with Crippen molar-refractivity contribution >= 4 is 5.91 Å². The predicted octanol–water partition coefficient (Wildman–Crippen LogP) is 1.53. The maximum atomic E-state index is 11.9. The van der Waals surface area contributed by atoms with Crippen molar-refractivity contribution in [2.75, 3.05) is 6.61 Å². The van der Waals surface area contributed by atoms with E-state index in [1.165, 1.54) is 0 Å². The van der Waals surface area contributed by atoms with Crippen LogP contribution in [0.3, 0.4) is 0 Å². The maximum Gasteiger partial charge on any atom is 0.237 e. The van der Waals surface area contributed by atoms with Crippen molar-refractivity contribution in [1.82, 2.24) is 5.32 Å². The summed E-state index contributed by atoms with van der Waals surface area (Å²) in [7, 11) is 0. The molecule has 2 unspecified atom stereocenters. The molecule has 2 rings (SSSR count). The lowest BCUT2D eigenvalue weighted by molar-refractivity contribution is -0.123. The van der Waals surface area contributed by atoms with E-state index in [1.807, 2.05) is 24.3 Å². The monoisotopic (exact) mass is 246 g/mol. The number of nitrogens with two attached hydrogens (primary N) is 1. The van der Waals surface area contributed by atoms with Crippen LogP contribution in [0.15, 0.2) is 36.9 Å². The van der Waals surface area contributed by atoms with Crippen molar-refractivity contribution in [2.45, 2.75) is 24.9 Å². The van der Waals surface area contributed by atoms with E-state index in [4.69, 9.17) is 10.5 Å². The van der Waals surface area contributed by atoms with Gasteiger partial charge in [0.15, 0.2) is 0 Å². The molecule has 4 nitrogen and oxygen atoms in total. The third kappa shape index (κ3) is 2.71. The molecule has 0 saturated heterocycles. The van der Waals surface area contributed by atoms with Gasteiger partial charge in [0.25, 0.3) is 0 Å². The maximum absolute atomic E-state index is 11.9. The Labute approximate surface area is 107 Å². The highest BCUT2D eigenvalue weighted by atomic mass is 16.5. The molecular weight excluding hydrogens is 228 g/mol.